The van der Waals surface area contributed by atoms with E-state index >= 15 is 0 Å². The molecule has 4 aromatic carbocycles. The minimum atomic E-state index is -1.47. The summed E-state index contributed by atoms with van der Waals surface area (Å²) in [5.74, 6) is -5.80. The van der Waals surface area contributed by atoms with Gasteiger partial charge in [0, 0.05) is 5.41 Å². The van der Waals surface area contributed by atoms with E-state index in [1.165, 1.54) is 12.1 Å². The normalized spacial score (nSPS) is 11.0. The van der Waals surface area contributed by atoms with Crippen molar-refractivity contribution in [1.82, 2.24) is 0 Å². The van der Waals surface area contributed by atoms with Gasteiger partial charge < -0.3 is 30.1 Å². The number of benzene rings is 4. The van der Waals surface area contributed by atoms with E-state index in [1.54, 1.807) is 36.4 Å². The molecule has 0 bridgehead atoms. The van der Waals surface area contributed by atoms with Crippen molar-refractivity contribution in [2.75, 3.05) is 0 Å². The van der Waals surface area contributed by atoms with E-state index in [9.17, 15) is 34.2 Å². The summed E-state index contributed by atoms with van der Waals surface area (Å²) in [5.41, 5.74) is 0.0294. The van der Waals surface area contributed by atoms with Crippen molar-refractivity contribution in [3.05, 3.63) is 129 Å². The lowest BCUT2D eigenvalue weighted by molar-refractivity contribution is -0.217. The number of ether oxygens (including phenoxy) is 1. The van der Waals surface area contributed by atoms with Crippen LogP contribution >= 0.6 is 0 Å². The van der Waals surface area contributed by atoms with E-state index in [2.05, 4.69) is 0 Å². The topological polar surface area (TPSA) is 194 Å². The Bertz CT molecular complexity index is 1790. The zero-order chi connectivity index (χ0) is 32.9. The number of rotatable bonds is 12. The molecular weight excluding hydrogens is 588 g/mol. The summed E-state index contributed by atoms with van der Waals surface area (Å²) in [6.07, 6.45) is 0. The maximum atomic E-state index is 12.7. The fourth-order valence-electron chi connectivity index (χ4n) is 4.42. The highest BCUT2D eigenvalue weighted by atomic mass is 17.2. The predicted octanol–water partition coefficient (Wildman–Crippen LogP) is 5.54. The summed E-state index contributed by atoms with van der Waals surface area (Å²) in [7, 11) is 0. The van der Waals surface area contributed by atoms with Crippen LogP contribution in [0.4, 0.5) is 0 Å². The average Bonchev–Trinajstić information content (AvgIpc) is 3.01. The van der Waals surface area contributed by atoms with Gasteiger partial charge in [0.2, 0.25) is 0 Å². The number of hydrogen-bond acceptors (Lipinski definition) is 8. The third-order valence-electron chi connectivity index (χ3n) is 7.04. The van der Waals surface area contributed by atoms with Gasteiger partial charge in [-0.1, -0.05) is 44.2 Å². The molecule has 0 aliphatic carbocycles. The summed E-state index contributed by atoms with van der Waals surface area (Å²) in [6, 6.07) is 20.3. The highest BCUT2D eigenvalue weighted by Gasteiger charge is 2.25. The molecule has 0 saturated heterocycles. The molecular formula is C33H26O12. The van der Waals surface area contributed by atoms with Gasteiger partial charge in [-0.25, -0.2) is 24.0 Å². The van der Waals surface area contributed by atoms with Crippen LogP contribution in [0.1, 0.15) is 82.3 Å². The molecule has 0 saturated carbocycles. The number of esters is 1. The molecule has 4 rings (SSSR count). The van der Waals surface area contributed by atoms with E-state index in [-0.39, 0.29) is 40.2 Å². The van der Waals surface area contributed by atoms with Crippen molar-refractivity contribution >= 4 is 29.8 Å². The summed E-state index contributed by atoms with van der Waals surface area (Å²) in [5, 5.41) is 37.0. The van der Waals surface area contributed by atoms with E-state index in [0.29, 0.717) is 5.75 Å². The van der Waals surface area contributed by atoms with Gasteiger partial charge in [-0.05, 0) is 71.3 Å². The van der Waals surface area contributed by atoms with Crippen molar-refractivity contribution in [1.29, 1.82) is 0 Å². The van der Waals surface area contributed by atoms with Gasteiger partial charge in [-0.3, -0.25) is 0 Å². The summed E-state index contributed by atoms with van der Waals surface area (Å²) in [6.45, 7) is 3.70. The van der Waals surface area contributed by atoms with E-state index < -0.39 is 40.8 Å². The number of carbonyl (C=O) groups is 5. The molecule has 0 fully saturated rings. The Morgan fingerprint density at radius 1 is 0.578 bits per heavy atom. The van der Waals surface area contributed by atoms with Crippen LogP contribution in [0.3, 0.4) is 0 Å². The molecule has 0 unspecified atom stereocenters. The van der Waals surface area contributed by atoms with Crippen molar-refractivity contribution in [2.24, 2.45) is 0 Å². The van der Waals surface area contributed by atoms with Gasteiger partial charge in [0.1, 0.15) is 12.4 Å². The third-order valence-corrected chi connectivity index (χ3v) is 7.04. The van der Waals surface area contributed by atoms with Crippen LogP contribution in [0, 0.1) is 0 Å². The maximum Gasteiger partial charge on any atom is 0.344 e. The predicted molar refractivity (Wildman–Crippen MR) is 156 cm³/mol. The van der Waals surface area contributed by atoms with Gasteiger partial charge in [0.15, 0.2) is 5.75 Å². The minimum absolute atomic E-state index is 0.155. The SMILES string of the molecule is CC(C)(c1ccc(OOCc2ccc(C(=O)O)cc2C(=O)O)cc1)c1ccc(OC(=O)c2ccc(C(=O)O)cc2C(=O)O)cc1. The Hall–Kier alpha value is -6.01. The first-order valence-electron chi connectivity index (χ1n) is 13.2. The summed E-state index contributed by atoms with van der Waals surface area (Å²) >= 11 is 0. The smallest absolute Gasteiger partial charge is 0.344 e. The van der Waals surface area contributed by atoms with Crippen LogP contribution in [0.25, 0.3) is 0 Å². The van der Waals surface area contributed by atoms with Crippen LogP contribution in [-0.4, -0.2) is 50.3 Å². The summed E-state index contributed by atoms with van der Waals surface area (Å²) < 4.78 is 5.35. The van der Waals surface area contributed by atoms with Crippen LogP contribution in [0.15, 0.2) is 84.9 Å². The number of carboxylic acid groups (broad SMARTS) is 4. The monoisotopic (exact) mass is 614 g/mol. The van der Waals surface area contributed by atoms with Gasteiger partial charge in [-0.2, -0.15) is 4.89 Å². The lowest BCUT2D eigenvalue weighted by atomic mass is 9.78. The van der Waals surface area contributed by atoms with Crippen molar-refractivity contribution in [3.63, 3.8) is 0 Å². The zero-order valence-corrected chi connectivity index (χ0v) is 23.8. The highest BCUT2D eigenvalue weighted by molar-refractivity contribution is 6.05. The van der Waals surface area contributed by atoms with E-state index in [1.807, 2.05) is 26.0 Å². The zero-order valence-electron chi connectivity index (χ0n) is 23.8. The quantitative estimate of drug-likeness (QED) is 0.0675. The fraction of sp³-hybridized carbons (Fsp3) is 0.121. The molecule has 4 aromatic rings. The number of hydrogen-bond donors (Lipinski definition) is 4. The molecule has 0 atom stereocenters. The van der Waals surface area contributed by atoms with Crippen LogP contribution in [-0.2, 0) is 16.9 Å². The molecule has 0 radical (unpaired) electrons. The Morgan fingerprint density at radius 2 is 1.07 bits per heavy atom. The Balaban J connectivity index is 1.40. The fourth-order valence-corrected chi connectivity index (χ4v) is 4.42. The molecule has 0 aliphatic rings. The van der Waals surface area contributed by atoms with Crippen molar-refractivity contribution < 1.29 is 58.9 Å². The van der Waals surface area contributed by atoms with E-state index in [4.69, 9.17) is 24.7 Å². The second kappa shape index (κ2) is 13.1. The van der Waals surface area contributed by atoms with Gasteiger partial charge in [-0.15, -0.1) is 0 Å². The first-order valence-corrected chi connectivity index (χ1v) is 13.2. The van der Waals surface area contributed by atoms with Crippen LogP contribution in [0.2, 0.25) is 0 Å². The summed E-state index contributed by atoms with van der Waals surface area (Å²) in [4.78, 5) is 68.6. The molecule has 4 N–H and O–H groups in total. The van der Waals surface area contributed by atoms with Crippen molar-refractivity contribution in [3.8, 4) is 11.5 Å². The molecule has 12 nitrogen and oxygen atoms in total. The maximum absolute atomic E-state index is 12.7. The largest absolute Gasteiger partial charge is 0.478 e. The van der Waals surface area contributed by atoms with Crippen LogP contribution < -0.4 is 9.62 Å². The standard InChI is InChI=1S/C33H26O12/c1-33(2,21-6-10-23(11-7-21)44-32(42)25-14-5-19(29(36)37)16-27(25)31(40)41)22-8-12-24(13-9-22)45-43-17-20-4-3-18(28(34)35)15-26(20)30(38)39/h3-16H,17H2,1-2H3,(H,34,35)(H,36,37)(H,38,39)(H,40,41). The van der Waals surface area contributed by atoms with Crippen LogP contribution in [0.5, 0.6) is 11.5 Å². The molecule has 0 amide bonds. The lowest BCUT2D eigenvalue weighted by Crippen LogP contribution is -2.19. The van der Waals surface area contributed by atoms with Gasteiger partial charge in [0.05, 0.1) is 27.8 Å². The molecule has 0 heterocycles. The molecule has 0 spiro atoms. The Kier molecular flexibility index (Phi) is 9.29. The Labute approximate surface area is 255 Å². The molecule has 230 valence electrons. The second-order valence-electron chi connectivity index (χ2n) is 10.3. The minimum Gasteiger partial charge on any atom is -0.478 e. The van der Waals surface area contributed by atoms with Gasteiger partial charge in [0.25, 0.3) is 0 Å². The molecule has 0 aromatic heterocycles. The third kappa shape index (κ3) is 7.32. The second-order valence-corrected chi connectivity index (χ2v) is 10.3. The van der Waals surface area contributed by atoms with Gasteiger partial charge >= 0.3 is 29.8 Å². The van der Waals surface area contributed by atoms with Crippen molar-refractivity contribution in [2.45, 2.75) is 25.9 Å². The first kappa shape index (κ1) is 31.9. The molecule has 12 heteroatoms. The molecule has 0 aliphatic heterocycles. The highest BCUT2D eigenvalue weighted by Crippen LogP contribution is 2.33. The first-order chi connectivity index (χ1) is 21.3. The Morgan fingerprint density at radius 3 is 1.58 bits per heavy atom. The average molecular weight is 615 g/mol. The number of carboxylic acids is 4. The van der Waals surface area contributed by atoms with E-state index in [0.717, 1.165) is 35.4 Å². The molecule has 45 heavy (non-hydrogen) atoms. The number of carbonyl (C=O) groups excluding carboxylic acids is 1. The lowest BCUT2D eigenvalue weighted by Gasteiger charge is -2.26. The number of aromatic carboxylic acids is 4.